The van der Waals surface area contributed by atoms with Gasteiger partial charge < -0.3 is 5.32 Å². The number of carbonyl (C=O) groups is 1. The molecule has 1 aliphatic rings. The van der Waals surface area contributed by atoms with Crippen molar-refractivity contribution in [3.63, 3.8) is 0 Å². The van der Waals surface area contributed by atoms with Crippen LogP contribution in [0.15, 0.2) is 0 Å². The van der Waals surface area contributed by atoms with Crippen molar-refractivity contribution in [2.24, 2.45) is 11.3 Å². The van der Waals surface area contributed by atoms with Crippen molar-refractivity contribution in [3.8, 4) is 0 Å². The van der Waals surface area contributed by atoms with Crippen LogP contribution in [0.1, 0.15) is 33.1 Å². The molecular weight excluding hydrogens is 186 g/mol. The van der Waals surface area contributed by atoms with Gasteiger partial charge in [-0.05, 0) is 24.7 Å². The number of halogens is 1. The van der Waals surface area contributed by atoms with E-state index in [2.05, 4.69) is 12.2 Å². The van der Waals surface area contributed by atoms with Crippen molar-refractivity contribution in [3.05, 3.63) is 0 Å². The first-order valence-electron chi connectivity index (χ1n) is 4.97. The molecule has 0 aliphatic heterocycles. The van der Waals surface area contributed by atoms with Gasteiger partial charge in [0.2, 0.25) is 5.91 Å². The Kier molecular flexibility index (Phi) is 3.60. The highest BCUT2D eigenvalue weighted by molar-refractivity contribution is 6.19. The van der Waals surface area contributed by atoms with Crippen molar-refractivity contribution < 1.29 is 4.79 Å². The summed E-state index contributed by atoms with van der Waals surface area (Å²) in [5.41, 5.74) is 0.432. The molecule has 0 bridgehead atoms. The summed E-state index contributed by atoms with van der Waals surface area (Å²) in [4.78, 5) is 11.4. The predicted molar refractivity (Wildman–Crippen MR) is 54.9 cm³/mol. The van der Waals surface area contributed by atoms with E-state index in [9.17, 15) is 4.79 Å². The van der Waals surface area contributed by atoms with E-state index in [1.165, 1.54) is 19.3 Å². The molecule has 1 N–H and O–H groups in total. The molecule has 13 heavy (non-hydrogen) atoms. The highest BCUT2D eigenvalue weighted by Crippen LogP contribution is 2.47. The summed E-state index contributed by atoms with van der Waals surface area (Å²) >= 11 is 5.59. The maximum atomic E-state index is 11.4. The third kappa shape index (κ3) is 2.87. The fourth-order valence-corrected chi connectivity index (χ4v) is 1.49. The Morgan fingerprint density at radius 1 is 1.62 bits per heavy atom. The van der Waals surface area contributed by atoms with E-state index < -0.39 is 0 Å². The quantitative estimate of drug-likeness (QED) is 0.682. The molecule has 1 saturated carbocycles. The first-order valence-corrected chi connectivity index (χ1v) is 5.51. The molecule has 76 valence electrons. The summed E-state index contributed by atoms with van der Waals surface area (Å²) in [6.45, 7) is 4.88. The summed E-state index contributed by atoms with van der Waals surface area (Å²) in [7, 11) is 0. The van der Waals surface area contributed by atoms with E-state index in [1.807, 2.05) is 6.92 Å². The minimum atomic E-state index is -0.0608. The highest BCUT2D eigenvalue weighted by atomic mass is 35.5. The van der Waals surface area contributed by atoms with Crippen molar-refractivity contribution in [2.45, 2.75) is 33.1 Å². The van der Waals surface area contributed by atoms with Crippen molar-refractivity contribution in [2.75, 3.05) is 12.4 Å². The lowest BCUT2D eigenvalue weighted by molar-refractivity contribution is -0.124. The average Bonchev–Trinajstić information content (AvgIpc) is 2.93. The number of rotatable bonds is 5. The SMILES string of the molecule is CCC1(CNC(=O)C(C)CCl)CC1. The second kappa shape index (κ2) is 4.32. The fraction of sp³-hybridized carbons (Fsp3) is 0.900. The third-order valence-electron chi connectivity index (χ3n) is 3.02. The second-order valence-electron chi connectivity index (χ2n) is 4.13. The second-order valence-corrected chi connectivity index (χ2v) is 4.44. The van der Waals surface area contributed by atoms with Crippen molar-refractivity contribution in [1.82, 2.24) is 5.32 Å². The molecule has 0 radical (unpaired) electrons. The van der Waals surface area contributed by atoms with Crippen molar-refractivity contribution >= 4 is 17.5 Å². The van der Waals surface area contributed by atoms with Gasteiger partial charge in [0.05, 0.1) is 0 Å². The van der Waals surface area contributed by atoms with Crippen LogP contribution in [0.3, 0.4) is 0 Å². The van der Waals surface area contributed by atoms with Gasteiger partial charge in [-0.1, -0.05) is 13.8 Å². The largest absolute Gasteiger partial charge is 0.355 e. The zero-order valence-corrected chi connectivity index (χ0v) is 9.16. The van der Waals surface area contributed by atoms with Gasteiger partial charge in [0.1, 0.15) is 0 Å². The minimum Gasteiger partial charge on any atom is -0.355 e. The average molecular weight is 204 g/mol. The van der Waals surface area contributed by atoms with E-state index in [0.29, 0.717) is 11.3 Å². The van der Waals surface area contributed by atoms with Gasteiger partial charge in [-0.15, -0.1) is 11.6 Å². The summed E-state index contributed by atoms with van der Waals surface area (Å²) in [5.74, 6) is 0.439. The third-order valence-corrected chi connectivity index (χ3v) is 3.49. The molecule has 1 amide bonds. The van der Waals surface area contributed by atoms with Crippen LogP contribution in [-0.4, -0.2) is 18.3 Å². The molecule has 1 unspecified atom stereocenters. The Labute approximate surface area is 85.0 Å². The van der Waals surface area contributed by atoms with Crippen LogP contribution in [0, 0.1) is 11.3 Å². The van der Waals surface area contributed by atoms with Gasteiger partial charge in [-0.2, -0.15) is 0 Å². The summed E-state index contributed by atoms with van der Waals surface area (Å²) < 4.78 is 0. The van der Waals surface area contributed by atoms with Crippen molar-refractivity contribution in [1.29, 1.82) is 0 Å². The Bertz CT molecular complexity index is 189. The van der Waals surface area contributed by atoms with E-state index in [0.717, 1.165) is 6.54 Å². The number of hydrogen-bond acceptors (Lipinski definition) is 1. The number of carbonyl (C=O) groups excluding carboxylic acids is 1. The summed E-state index contributed by atoms with van der Waals surface area (Å²) in [6, 6.07) is 0. The molecule has 2 nitrogen and oxygen atoms in total. The molecule has 1 rings (SSSR count). The maximum Gasteiger partial charge on any atom is 0.224 e. The van der Waals surface area contributed by atoms with Gasteiger partial charge in [0.25, 0.3) is 0 Å². The first-order chi connectivity index (χ1) is 6.13. The van der Waals surface area contributed by atoms with Crippen LogP contribution >= 0.6 is 11.6 Å². The van der Waals surface area contributed by atoms with Gasteiger partial charge in [-0.3, -0.25) is 4.79 Å². The molecule has 3 heteroatoms. The predicted octanol–water partition coefficient (Wildman–Crippen LogP) is 2.17. The minimum absolute atomic E-state index is 0.0608. The lowest BCUT2D eigenvalue weighted by Crippen LogP contribution is -2.34. The van der Waals surface area contributed by atoms with Gasteiger partial charge in [0.15, 0.2) is 0 Å². The highest BCUT2D eigenvalue weighted by Gasteiger charge is 2.40. The van der Waals surface area contributed by atoms with E-state index in [1.54, 1.807) is 0 Å². The lowest BCUT2D eigenvalue weighted by Gasteiger charge is -2.15. The van der Waals surface area contributed by atoms with E-state index in [-0.39, 0.29) is 11.8 Å². The normalized spacial score (nSPS) is 20.8. The fourth-order valence-electron chi connectivity index (χ4n) is 1.35. The van der Waals surface area contributed by atoms with Gasteiger partial charge >= 0.3 is 0 Å². The molecule has 0 aromatic heterocycles. The van der Waals surface area contributed by atoms with E-state index in [4.69, 9.17) is 11.6 Å². The summed E-state index contributed by atoms with van der Waals surface area (Å²) in [6.07, 6.45) is 3.70. The Morgan fingerprint density at radius 2 is 2.23 bits per heavy atom. The molecule has 1 atom stereocenters. The number of hydrogen-bond donors (Lipinski definition) is 1. The summed E-state index contributed by atoms with van der Waals surface area (Å²) in [5, 5.41) is 2.96. The molecule has 0 aromatic rings. The zero-order valence-electron chi connectivity index (χ0n) is 8.40. The topological polar surface area (TPSA) is 29.1 Å². The smallest absolute Gasteiger partial charge is 0.224 e. The zero-order chi connectivity index (χ0) is 9.90. The van der Waals surface area contributed by atoms with Crippen LogP contribution in [0.25, 0.3) is 0 Å². The molecule has 1 aliphatic carbocycles. The van der Waals surface area contributed by atoms with Crippen LogP contribution in [0.5, 0.6) is 0 Å². The van der Waals surface area contributed by atoms with Crippen LogP contribution in [0.4, 0.5) is 0 Å². The molecular formula is C10H18ClNO. The molecule has 1 fully saturated rings. The molecule has 0 heterocycles. The lowest BCUT2D eigenvalue weighted by atomic mass is 10.0. The number of amides is 1. The maximum absolute atomic E-state index is 11.4. The number of alkyl halides is 1. The number of nitrogens with one attached hydrogen (secondary N) is 1. The molecule has 0 saturated heterocycles. The monoisotopic (exact) mass is 203 g/mol. The molecule has 0 aromatic carbocycles. The first kappa shape index (κ1) is 10.8. The Morgan fingerprint density at radius 3 is 2.62 bits per heavy atom. The van der Waals surface area contributed by atoms with Crippen LogP contribution < -0.4 is 5.32 Å². The molecule has 0 spiro atoms. The van der Waals surface area contributed by atoms with Crippen LogP contribution in [0.2, 0.25) is 0 Å². The standard InChI is InChI=1S/C10H18ClNO/c1-3-10(4-5-10)7-12-9(13)8(2)6-11/h8H,3-7H2,1-2H3,(H,12,13). The van der Waals surface area contributed by atoms with Gasteiger partial charge in [-0.25, -0.2) is 0 Å². The van der Waals surface area contributed by atoms with Gasteiger partial charge in [0, 0.05) is 18.3 Å². The van der Waals surface area contributed by atoms with Crippen LogP contribution in [-0.2, 0) is 4.79 Å². The van der Waals surface area contributed by atoms with E-state index >= 15 is 0 Å². The Balaban J connectivity index is 2.22. The Hall–Kier alpha value is -0.240.